The molecule has 10 nitrogen and oxygen atoms in total. The van der Waals surface area contributed by atoms with E-state index in [0.717, 1.165) is 5.56 Å². The summed E-state index contributed by atoms with van der Waals surface area (Å²) < 4.78 is 41.8. The Morgan fingerprint density at radius 3 is 2.13 bits per heavy atom. The summed E-state index contributed by atoms with van der Waals surface area (Å²) in [6.45, 7) is 18.6. The van der Waals surface area contributed by atoms with Gasteiger partial charge in [-0.2, -0.15) is 4.31 Å². The Morgan fingerprint density at radius 1 is 1.00 bits per heavy atom. The molecule has 0 heterocycles. The molecule has 0 spiro atoms. The van der Waals surface area contributed by atoms with Crippen molar-refractivity contribution in [3.05, 3.63) is 108 Å². The lowest BCUT2D eigenvalue weighted by molar-refractivity contribution is -0.384. The number of nitrogens with zero attached hydrogens (tertiary/aromatic N) is 3. The minimum Gasteiger partial charge on any atom is -0.445 e. The van der Waals surface area contributed by atoms with Crippen molar-refractivity contribution in [2.75, 3.05) is 13.1 Å². The van der Waals surface area contributed by atoms with Crippen molar-refractivity contribution >= 4 is 30.1 Å². The molecule has 45 heavy (non-hydrogen) atoms. The highest BCUT2D eigenvalue weighted by atomic mass is 32.2. The smallest absolute Gasteiger partial charge is 0.410 e. The van der Waals surface area contributed by atoms with Crippen LogP contribution >= 0.6 is 0 Å². The normalized spacial score (nSPS) is 19.0. The number of amides is 1. The fourth-order valence-electron chi connectivity index (χ4n) is 4.88. The van der Waals surface area contributed by atoms with Crippen LogP contribution < -0.4 is 0 Å². The second-order valence-corrected chi connectivity index (χ2v) is 19.2. The zero-order chi connectivity index (χ0) is 33.4. The number of carbonyl (C=O) groups is 1. The predicted octanol–water partition coefficient (Wildman–Crippen LogP) is 7.07. The van der Waals surface area contributed by atoms with E-state index in [1.807, 2.05) is 36.4 Å². The van der Waals surface area contributed by atoms with Gasteiger partial charge in [-0.1, -0.05) is 75.4 Å². The Hall–Kier alpha value is -3.58. The molecule has 2 aromatic carbocycles. The van der Waals surface area contributed by atoms with Gasteiger partial charge in [0.05, 0.1) is 15.9 Å². The van der Waals surface area contributed by atoms with Crippen molar-refractivity contribution in [2.24, 2.45) is 0 Å². The summed E-state index contributed by atoms with van der Waals surface area (Å²) in [7, 11) is -6.43. The monoisotopic (exact) mass is 655 g/mol. The third kappa shape index (κ3) is 9.22. The first-order chi connectivity index (χ1) is 21.1. The highest BCUT2D eigenvalue weighted by molar-refractivity contribution is 7.89. The van der Waals surface area contributed by atoms with Crippen LogP contribution in [0.5, 0.6) is 0 Å². The lowest BCUT2D eigenvalue weighted by Gasteiger charge is -2.41. The standard InChI is InChI=1S/C33H45N3O7SSi/c1-8-21-34(32(37)42-25-26-13-11-10-12-14-26)28-15-16-29(24-30(23-28)43-45(6,7)33(3,4)5)35(22-9-2)44(40,41)31-19-17-27(18-20-31)36(38)39/h8-20,28-30H,1-2,21-25H2,3-7H3/t28-,29-,30-/m0/s1. The zero-order valence-electron chi connectivity index (χ0n) is 26.8. The maximum Gasteiger partial charge on any atom is 0.410 e. The molecule has 0 fully saturated rings. The second kappa shape index (κ2) is 15.1. The highest BCUT2D eigenvalue weighted by Gasteiger charge is 2.42. The van der Waals surface area contributed by atoms with Crippen LogP contribution in [0, 0.1) is 10.1 Å². The van der Waals surface area contributed by atoms with Crippen LogP contribution in [0.3, 0.4) is 0 Å². The van der Waals surface area contributed by atoms with Crippen molar-refractivity contribution in [3.63, 3.8) is 0 Å². The van der Waals surface area contributed by atoms with Gasteiger partial charge in [-0.15, -0.1) is 13.2 Å². The van der Waals surface area contributed by atoms with Gasteiger partial charge in [0.25, 0.3) is 5.69 Å². The van der Waals surface area contributed by atoms with Gasteiger partial charge in [-0.25, -0.2) is 13.2 Å². The maximum absolute atomic E-state index is 14.0. The molecule has 244 valence electrons. The molecule has 0 aliphatic heterocycles. The summed E-state index contributed by atoms with van der Waals surface area (Å²) in [5, 5.41) is 11.1. The molecule has 2 aromatic rings. The Kier molecular flexibility index (Phi) is 12.1. The van der Waals surface area contributed by atoms with Crippen LogP contribution in [0.15, 0.2) is 97.0 Å². The molecule has 0 bridgehead atoms. The number of nitro benzene ring substituents is 1. The van der Waals surface area contributed by atoms with E-state index in [2.05, 4.69) is 47.0 Å². The molecule has 1 aliphatic rings. The third-order valence-corrected chi connectivity index (χ3v) is 14.8. The number of hydrogen-bond acceptors (Lipinski definition) is 7. The van der Waals surface area contributed by atoms with E-state index in [9.17, 15) is 23.3 Å². The molecule has 0 saturated carbocycles. The fraction of sp³-hybridized carbons (Fsp3) is 0.424. The minimum atomic E-state index is -4.10. The Morgan fingerprint density at radius 2 is 1.58 bits per heavy atom. The lowest BCUT2D eigenvalue weighted by Crippen LogP contribution is -2.48. The number of hydrogen-bond donors (Lipinski definition) is 0. The van der Waals surface area contributed by atoms with E-state index in [-0.39, 0.29) is 35.3 Å². The molecular formula is C33H45N3O7SSi. The molecular weight excluding hydrogens is 611 g/mol. The second-order valence-electron chi connectivity index (χ2n) is 12.6. The van der Waals surface area contributed by atoms with Crippen molar-refractivity contribution in [1.82, 2.24) is 9.21 Å². The van der Waals surface area contributed by atoms with E-state index >= 15 is 0 Å². The number of nitro groups is 1. The van der Waals surface area contributed by atoms with Crippen molar-refractivity contribution in [1.29, 1.82) is 0 Å². The van der Waals surface area contributed by atoms with E-state index in [4.69, 9.17) is 9.16 Å². The van der Waals surface area contributed by atoms with Gasteiger partial charge in [0, 0.05) is 37.4 Å². The van der Waals surface area contributed by atoms with Crippen LogP contribution in [0.2, 0.25) is 18.1 Å². The average molecular weight is 656 g/mol. The molecule has 1 aliphatic carbocycles. The van der Waals surface area contributed by atoms with E-state index < -0.39 is 47.5 Å². The molecule has 3 rings (SSSR count). The minimum absolute atomic E-state index is 0.00129. The molecule has 0 unspecified atom stereocenters. The third-order valence-electron chi connectivity index (χ3n) is 8.33. The quantitative estimate of drug-likeness (QED) is 0.0980. The van der Waals surface area contributed by atoms with Gasteiger partial charge in [0.15, 0.2) is 8.32 Å². The first-order valence-electron chi connectivity index (χ1n) is 14.9. The van der Waals surface area contributed by atoms with Gasteiger partial charge >= 0.3 is 6.09 Å². The van der Waals surface area contributed by atoms with Crippen molar-refractivity contribution in [2.45, 2.75) is 81.4 Å². The lowest BCUT2D eigenvalue weighted by atomic mass is 10.1. The number of sulfonamides is 1. The van der Waals surface area contributed by atoms with E-state index in [0.29, 0.717) is 12.8 Å². The molecule has 0 radical (unpaired) electrons. The number of rotatable bonds is 13. The summed E-state index contributed by atoms with van der Waals surface area (Å²) in [6.07, 6.45) is 6.62. The summed E-state index contributed by atoms with van der Waals surface area (Å²) in [6, 6.07) is 13.1. The van der Waals surface area contributed by atoms with Crippen LogP contribution in [0.25, 0.3) is 0 Å². The summed E-state index contributed by atoms with van der Waals surface area (Å²) in [4.78, 5) is 25.5. The van der Waals surface area contributed by atoms with E-state index in [1.165, 1.54) is 34.6 Å². The van der Waals surface area contributed by atoms with Crippen LogP contribution in [0.1, 0.15) is 39.2 Å². The predicted molar refractivity (Wildman–Crippen MR) is 179 cm³/mol. The molecule has 3 atom stereocenters. The zero-order valence-corrected chi connectivity index (χ0v) is 28.6. The fourth-order valence-corrected chi connectivity index (χ4v) is 7.83. The molecule has 0 saturated heterocycles. The van der Waals surface area contributed by atoms with Crippen molar-refractivity contribution in [3.8, 4) is 0 Å². The average Bonchev–Trinajstić information content (AvgIpc) is 3.19. The molecule has 0 N–H and O–H groups in total. The highest BCUT2D eigenvalue weighted by Crippen LogP contribution is 2.39. The largest absolute Gasteiger partial charge is 0.445 e. The van der Waals surface area contributed by atoms with Crippen LogP contribution in [0.4, 0.5) is 10.5 Å². The van der Waals surface area contributed by atoms with Crippen LogP contribution in [-0.4, -0.2) is 68.2 Å². The number of carbonyl (C=O) groups excluding carboxylic acids is 1. The summed E-state index contributed by atoms with van der Waals surface area (Å²) >= 11 is 0. The van der Waals surface area contributed by atoms with Gasteiger partial charge in [0.2, 0.25) is 10.0 Å². The van der Waals surface area contributed by atoms with Gasteiger partial charge in [-0.05, 0) is 48.7 Å². The summed E-state index contributed by atoms with van der Waals surface area (Å²) in [5.74, 6) is 0. The van der Waals surface area contributed by atoms with Gasteiger partial charge < -0.3 is 9.16 Å². The van der Waals surface area contributed by atoms with Gasteiger partial charge in [0.1, 0.15) is 6.61 Å². The first kappa shape index (κ1) is 35.9. The number of benzene rings is 2. The SMILES string of the molecule is C=CCN(C(=O)OCc1ccccc1)[C@H]1C=C[C@H](N(CC=C)S(=O)(=O)c2ccc([N+](=O)[O-])cc2)C[C@@H](O[Si](C)(C)C(C)(C)C)C1. The first-order valence-corrected chi connectivity index (χ1v) is 19.3. The Balaban J connectivity index is 2.01. The Bertz CT molecular complexity index is 1470. The van der Waals surface area contributed by atoms with Crippen molar-refractivity contribution < 1.29 is 27.3 Å². The maximum atomic E-state index is 14.0. The van der Waals surface area contributed by atoms with Gasteiger partial charge in [-0.3, -0.25) is 15.0 Å². The Labute approximate surface area is 268 Å². The number of ether oxygens (including phenoxy) is 1. The summed E-state index contributed by atoms with van der Waals surface area (Å²) in [5.41, 5.74) is 0.655. The number of non-ortho nitro benzene ring substituents is 1. The van der Waals surface area contributed by atoms with Crippen LogP contribution in [-0.2, 0) is 25.8 Å². The molecule has 1 amide bonds. The van der Waals surface area contributed by atoms with E-state index in [1.54, 1.807) is 17.1 Å². The molecule has 12 heteroatoms. The topological polar surface area (TPSA) is 119 Å². The molecule has 0 aromatic heterocycles.